The van der Waals surface area contributed by atoms with Crippen molar-refractivity contribution in [3.63, 3.8) is 0 Å². The maximum Gasteiger partial charge on any atom is 0.240 e. The van der Waals surface area contributed by atoms with E-state index in [0.717, 1.165) is 10.6 Å². The number of thioether (sulfide) groups is 1. The number of hydrogen-bond donors (Lipinski definition) is 1. The van der Waals surface area contributed by atoms with Crippen LogP contribution in [0.5, 0.6) is 0 Å². The van der Waals surface area contributed by atoms with Gasteiger partial charge in [0, 0.05) is 21.9 Å². The summed E-state index contributed by atoms with van der Waals surface area (Å²) in [6.45, 7) is 0. The Bertz CT molecular complexity index is 524. The minimum absolute atomic E-state index is 0.0590. The first kappa shape index (κ1) is 13.8. The average Bonchev–Trinajstić information content (AvgIpc) is 2.93. The van der Waals surface area contributed by atoms with Gasteiger partial charge in [-0.3, -0.25) is 4.79 Å². The molecule has 0 saturated heterocycles. The van der Waals surface area contributed by atoms with Gasteiger partial charge in [0.05, 0.1) is 6.21 Å². The van der Waals surface area contributed by atoms with Crippen LogP contribution in [0.1, 0.15) is 11.3 Å². The number of nitrogens with zero attached hydrogens (tertiary/aromatic N) is 1. The Morgan fingerprint density at radius 1 is 1.26 bits per heavy atom. The Kier molecular flexibility index (Phi) is 5.65. The zero-order valence-corrected chi connectivity index (χ0v) is 11.9. The lowest BCUT2D eigenvalue weighted by Gasteiger charge is -2.00. The molecule has 19 heavy (non-hydrogen) atoms. The standard InChI is InChI=1S/C14H14N2OS2/c17-14(16-15-11-13-7-4-9-18-13)8-10-19-12-5-2-1-3-6-12/h1-7,9,11H,8,10H2,(H,16,17)/b15-11+. The Morgan fingerprint density at radius 2 is 2.11 bits per heavy atom. The maximum absolute atomic E-state index is 11.5. The fourth-order valence-corrected chi connectivity index (χ4v) is 2.82. The van der Waals surface area contributed by atoms with Gasteiger partial charge in [-0.25, -0.2) is 5.43 Å². The second kappa shape index (κ2) is 7.76. The van der Waals surface area contributed by atoms with E-state index in [1.807, 2.05) is 47.8 Å². The number of nitrogens with one attached hydrogen (secondary N) is 1. The third-order valence-corrected chi connectivity index (χ3v) is 4.09. The molecule has 0 atom stereocenters. The predicted molar refractivity (Wildman–Crippen MR) is 81.8 cm³/mol. The molecule has 1 aromatic carbocycles. The number of carbonyl (C=O) groups is 1. The van der Waals surface area contributed by atoms with Crippen LogP contribution < -0.4 is 5.43 Å². The highest BCUT2D eigenvalue weighted by Gasteiger charge is 2.00. The molecule has 1 amide bonds. The van der Waals surface area contributed by atoms with Crippen molar-refractivity contribution in [2.45, 2.75) is 11.3 Å². The number of rotatable bonds is 6. The molecule has 5 heteroatoms. The monoisotopic (exact) mass is 290 g/mol. The van der Waals surface area contributed by atoms with Gasteiger partial charge in [-0.15, -0.1) is 23.1 Å². The Hall–Kier alpha value is -1.59. The van der Waals surface area contributed by atoms with Crippen LogP contribution >= 0.6 is 23.1 Å². The van der Waals surface area contributed by atoms with Crippen molar-refractivity contribution in [2.24, 2.45) is 5.10 Å². The zero-order chi connectivity index (χ0) is 13.3. The van der Waals surface area contributed by atoms with Crippen molar-refractivity contribution in [1.82, 2.24) is 5.43 Å². The van der Waals surface area contributed by atoms with Crippen molar-refractivity contribution in [2.75, 3.05) is 5.75 Å². The van der Waals surface area contributed by atoms with E-state index in [9.17, 15) is 4.79 Å². The number of amides is 1. The third-order valence-electron chi connectivity index (χ3n) is 2.27. The van der Waals surface area contributed by atoms with Crippen molar-refractivity contribution < 1.29 is 4.79 Å². The summed E-state index contributed by atoms with van der Waals surface area (Å²) in [5, 5.41) is 5.89. The lowest BCUT2D eigenvalue weighted by Crippen LogP contribution is -2.17. The van der Waals surface area contributed by atoms with Crippen LogP contribution in [0.3, 0.4) is 0 Å². The molecule has 2 aromatic rings. The molecule has 1 aromatic heterocycles. The van der Waals surface area contributed by atoms with Gasteiger partial charge in [-0.1, -0.05) is 24.3 Å². The van der Waals surface area contributed by atoms with Crippen molar-refractivity contribution in [3.8, 4) is 0 Å². The van der Waals surface area contributed by atoms with E-state index in [2.05, 4.69) is 10.5 Å². The number of benzene rings is 1. The summed E-state index contributed by atoms with van der Waals surface area (Å²) in [7, 11) is 0. The summed E-state index contributed by atoms with van der Waals surface area (Å²) in [5.74, 6) is 0.695. The second-order valence-corrected chi connectivity index (χ2v) is 5.87. The van der Waals surface area contributed by atoms with Gasteiger partial charge in [-0.2, -0.15) is 5.10 Å². The molecular formula is C14H14N2OS2. The van der Waals surface area contributed by atoms with E-state index >= 15 is 0 Å². The van der Waals surface area contributed by atoms with Gasteiger partial charge in [0.25, 0.3) is 0 Å². The molecule has 0 aliphatic carbocycles. The normalized spacial score (nSPS) is 10.7. The van der Waals surface area contributed by atoms with Crippen LogP contribution in [0.15, 0.2) is 57.8 Å². The summed E-state index contributed by atoms with van der Waals surface area (Å²) in [6.07, 6.45) is 2.12. The fourth-order valence-electron chi connectivity index (χ4n) is 1.37. The Labute approximate surface area is 120 Å². The van der Waals surface area contributed by atoms with Gasteiger partial charge in [0.2, 0.25) is 5.91 Å². The minimum atomic E-state index is -0.0590. The Balaban J connectivity index is 1.65. The van der Waals surface area contributed by atoms with Crippen molar-refractivity contribution >= 4 is 35.2 Å². The van der Waals surface area contributed by atoms with Gasteiger partial charge in [0.15, 0.2) is 0 Å². The van der Waals surface area contributed by atoms with Crippen LogP contribution in [0.25, 0.3) is 0 Å². The molecule has 1 N–H and O–H groups in total. The lowest BCUT2D eigenvalue weighted by molar-refractivity contribution is -0.120. The molecule has 0 bridgehead atoms. The molecule has 0 aliphatic heterocycles. The van der Waals surface area contributed by atoms with E-state index in [-0.39, 0.29) is 5.91 Å². The van der Waals surface area contributed by atoms with Crippen LogP contribution in [0.4, 0.5) is 0 Å². The van der Waals surface area contributed by atoms with Gasteiger partial charge in [0.1, 0.15) is 0 Å². The summed E-state index contributed by atoms with van der Waals surface area (Å²) in [6, 6.07) is 13.9. The van der Waals surface area contributed by atoms with Crippen LogP contribution in [-0.4, -0.2) is 17.9 Å². The SMILES string of the molecule is O=C(CCSc1ccccc1)N/N=C/c1cccs1. The van der Waals surface area contributed by atoms with Crippen LogP contribution in [-0.2, 0) is 4.79 Å². The quantitative estimate of drug-likeness (QED) is 0.503. The topological polar surface area (TPSA) is 41.5 Å². The van der Waals surface area contributed by atoms with E-state index in [4.69, 9.17) is 0 Å². The predicted octanol–water partition coefficient (Wildman–Crippen LogP) is 3.38. The molecule has 0 aliphatic rings. The molecule has 1 heterocycles. The van der Waals surface area contributed by atoms with Gasteiger partial charge >= 0.3 is 0 Å². The average molecular weight is 290 g/mol. The number of hydrazone groups is 1. The molecule has 98 valence electrons. The maximum atomic E-state index is 11.5. The van der Waals surface area contributed by atoms with E-state index in [1.165, 1.54) is 4.90 Å². The van der Waals surface area contributed by atoms with Crippen LogP contribution in [0.2, 0.25) is 0 Å². The smallest absolute Gasteiger partial charge is 0.240 e. The highest BCUT2D eigenvalue weighted by molar-refractivity contribution is 7.99. The summed E-state index contributed by atoms with van der Waals surface area (Å²) >= 11 is 3.25. The zero-order valence-electron chi connectivity index (χ0n) is 10.3. The third kappa shape index (κ3) is 5.28. The summed E-state index contributed by atoms with van der Waals surface area (Å²) in [5.41, 5.74) is 2.53. The molecule has 0 fully saturated rings. The highest BCUT2D eigenvalue weighted by Crippen LogP contribution is 2.17. The molecule has 0 radical (unpaired) electrons. The Morgan fingerprint density at radius 3 is 2.84 bits per heavy atom. The van der Waals surface area contributed by atoms with E-state index < -0.39 is 0 Å². The first-order valence-corrected chi connectivity index (χ1v) is 7.74. The molecule has 0 unspecified atom stereocenters. The number of hydrogen-bond acceptors (Lipinski definition) is 4. The lowest BCUT2D eigenvalue weighted by atomic mass is 10.4. The van der Waals surface area contributed by atoms with Gasteiger partial charge < -0.3 is 0 Å². The number of thiophene rings is 1. The summed E-state index contributed by atoms with van der Waals surface area (Å²) < 4.78 is 0. The second-order valence-electron chi connectivity index (χ2n) is 3.72. The minimum Gasteiger partial charge on any atom is -0.273 e. The van der Waals surface area contributed by atoms with E-state index in [0.29, 0.717) is 6.42 Å². The molecule has 0 saturated carbocycles. The van der Waals surface area contributed by atoms with Gasteiger partial charge in [-0.05, 0) is 23.6 Å². The first-order valence-electron chi connectivity index (χ1n) is 5.88. The molecule has 0 spiro atoms. The highest BCUT2D eigenvalue weighted by atomic mass is 32.2. The van der Waals surface area contributed by atoms with Crippen LogP contribution in [0, 0.1) is 0 Å². The first-order chi connectivity index (χ1) is 9.34. The largest absolute Gasteiger partial charge is 0.273 e. The fraction of sp³-hybridized carbons (Fsp3) is 0.143. The molecule has 3 nitrogen and oxygen atoms in total. The van der Waals surface area contributed by atoms with Crippen molar-refractivity contribution in [1.29, 1.82) is 0 Å². The van der Waals surface area contributed by atoms with E-state index in [1.54, 1.807) is 29.3 Å². The van der Waals surface area contributed by atoms with Crippen molar-refractivity contribution in [3.05, 3.63) is 52.7 Å². The molecular weight excluding hydrogens is 276 g/mol. The molecule has 2 rings (SSSR count). The summed E-state index contributed by atoms with van der Waals surface area (Å²) in [4.78, 5) is 13.7. The number of carbonyl (C=O) groups excluding carboxylic acids is 1.